The summed E-state index contributed by atoms with van der Waals surface area (Å²) < 4.78 is 30.5. The lowest BCUT2D eigenvalue weighted by Crippen LogP contribution is -2.50. The van der Waals surface area contributed by atoms with Gasteiger partial charge in [0, 0.05) is 17.7 Å². The van der Waals surface area contributed by atoms with Gasteiger partial charge in [0.05, 0.1) is 12.4 Å². The fourth-order valence-corrected chi connectivity index (χ4v) is 4.52. The van der Waals surface area contributed by atoms with E-state index in [9.17, 15) is 8.42 Å². The minimum atomic E-state index is -3.25. The number of ether oxygens (including phenoxy) is 1. The summed E-state index contributed by atoms with van der Waals surface area (Å²) in [5, 5.41) is 3.38. The number of halogens is 1. The van der Waals surface area contributed by atoms with E-state index in [1.807, 2.05) is 6.92 Å². The van der Waals surface area contributed by atoms with Crippen LogP contribution in [0.25, 0.3) is 0 Å². The van der Waals surface area contributed by atoms with Crippen LogP contribution in [-0.4, -0.2) is 39.5 Å². The second kappa shape index (κ2) is 6.89. The number of benzene rings is 1. The van der Waals surface area contributed by atoms with Crippen molar-refractivity contribution in [3.63, 3.8) is 0 Å². The highest BCUT2D eigenvalue weighted by atomic mass is 35.5. The molecule has 1 aliphatic heterocycles. The molecule has 0 radical (unpaired) electrons. The zero-order valence-electron chi connectivity index (χ0n) is 11.5. The summed E-state index contributed by atoms with van der Waals surface area (Å²) in [6.45, 7) is 3.63. The second-order valence-corrected chi connectivity index (χ2v) is 7.66. The molecule has 112 valence electrons. The summed E-state index contributed by atoms with van der Waals surface area (Å²) in [7, 11) is -3.25. The zero-order valence-corrected chi connectivity index (χ0v) is 13.1. The van der Waals surface area contributed by atoms with E-state index in [-0.39, 0.29) is 18.4 Å². The van der Waals surface area contributed by atoms with Gasteiger partial charge in [0.1, 0.15) is 5.25 Å². The summed E-state index contributed by atoms with van der Waals surface area (Å²) in [6.07, 6.45) is 0.734. The predicted octanol–water partition coefficient (Wildman–Crippen LogP) is 2.02. The number of rotatable bonds is 5. The summed E-state index contributed by atoms with van der Waals surface area (Å²) in [6, 6.07) is 6.92. The van der Waals surface area contributed by atoms with Gasteiger partial charge in [0.2, 0.25) is 0 Å². The quantitative estimate of drug-likeness (QED) is 0.902. The van der Waals surface area contributed by atoms with Gasteiger partial charge in [-0.2, -0.15) is 0 Å². The number of hydrogen-bond acceptors (Lipinski definition) is 4. The molecule has 4 nitrogen and oxygen atoms in total. The lowest BCUT2D eigenvalue weighted by molar-refractivity contribution is 0.0811. The molecule has 1 fully saturated rings. The smallest absolute Gasteiger partial charge is 0.161 e. The highest BCUT2D eigenvalue weighted by Crippen LogP contribution is 2.21. The summed E-state index contributed by atoms with van der Waals surface area (Å²) in [4.78, 5) is 0. The molecule has 1 N–H and O–H groups in total. The van der Waals surface area contributed by atoms with Gasteiger partial charge in [-0.3, -0.25) is 0 Å². The van der Waals surface area contributed by atoms with E-state index >= 15 is 0 Å². The fourth-order valence-electron chi connectivity index (χ4n) is 2.48. The van der Waals surface area contributed by atoms with Gasteiger partial charge in [-0.05, 0) is 30.7 Å². The van der Waals surface area contributed by atoms with Crippen molar-refractivity contribution in [1.82, 2.24) is 5.32 Å². The molecular formula is C14H20ClNO3S. The normalized spacial score (nSPS) is 23.7. The monoisotopic (exact) mass is 317 g/mol. The molecule has 2 rings (SSSR count). The summed E-state index contributed by atoms with van der Waals surface area (Å²) in [5.41, 5.74) is 0.759. The van der Waals surface area contributed by atoms with Crippen molar-refractivity contribution in [2.75, 3.05) is 19.8 Å². The molecule has 0 saturated carbocycles. The van der Waals surface area contributed by atoms with Crippen LogP contribution in [0.2, 0.25) is 5.02 Å². The third-order valence-electron chi connectivity index (χ3n) is 3.51. The minimum absolute atomic E-state index is 0.0222. The Labute approximate surface area is 125 Å². The molecule has 1 aromatic rings. The van der Waals surface area contributed by atoms with Gasteiger partial charge >= 0.3 is 0 Å². The van der Waals surface area contributed by atoms with Crippen LogP contribution in [0.3, 0.4) is 0 Å². The van der Waals surface area contributed by atoms with Crippen molar-refractivity contribution >= 4 is 21.4 Å². The van der Waals surface area contributed by atoms with Gasteiger partial charge in [-0.25, -0.2) is 8.42 Å². The van der Waals surface area contributed by atoms with Crippen LogP contribution >= 0.6 is 11.6 Å². The van der Waals surface area contributed by atoms with E-state index in [0.29, 0.717) is 11.6 Å². The third-order valence-corrected chi connectivity index (χ3v) is 5.89. The molecular weight excluding hydrogens is 298 g/mol. The first-order chi connectivity index (χ1) is 9.53. The molecule has 0 amide bonds. The van der Waals surface area contributed by atoms with E-state index in [2.05, 4.69) is 5.32 Å². The molecule has 2 unspecified atom stereocenters. The Kier molecular flexibility index (Phi) is 5.43. The number of sulfone groups is 1. The standard InChI is InChI=1S/C14H20ClNO3S/c1-2-16-13-7-8-19-9-14(13)20(17,18)10-11-3-5-12(15)6-4-11/h3-6,13-14,16H,2,7-10H2,1H3. The minimum Gasteiger partial charge on any atom is -0.380 e. The van der Waals surface area contributed by atoms with Crippen molar-refractivity contribution < 1.29 is 13.2 Å². The summed E-state index contributed by atoms with van der Waals surface area (Å²) >= 11 is 5.82. The van der Waals surface area contributed by atoms with Crippen LogP contribution in [-0.2, 0) is 20.3 Å². The molecule has 1 aromatic carbocycles. The fraction of sp³-hybridized carbons (Fsp3) is 0.571. The zero-order chi connectivity index (χ0) is 14.6. The van der Waals surface area contributed by atoms with E-state index in [0.717, 1.165) is 18.5 Å². The first-order valence-electron chi connectivity index (χ1n) is 6.80. The number of hydrogen-bond donors (Lipinski definition) is 1. The average Bonchev–Trinajstić information content (AvgIpc) is 2.42. The van der Waals surface area contributed by atoms with Gasteiger partial charge < -0.3 is 10.1 Å². The molecule has 0 spiro atoms. The number of nitrogens with one attached hydrogen (secondary N) is 1. The van der Waals surface area contributed by atoms with Crippen molar-refractivity contribution in [3.8, 4) is 0 Å². The van der Waals surface area contributed by atoms with Crippen LogP contribution in [0.5, 0.6) is 0 Å². The van der Waals surface area contributed by atoms with Crippen LogP contribution in [0.1, 0.15) is 18.9 Å². The molecule has 1 aliphatic rings. The van der Waals surface area contributed by atoms with E-state index in [1.54, 1.807) is 24.3 Å². The summed E-state index contributed by atoms with van der Waals surface area (Å²) in [5.74, 6) is 0.0279. The van der Waals surface area contributed by atoms with Crippen molar-refractivity contribution in [2.45, 2.75) is 30.4 Å². The maximum absolute atomic E-state index is 12.6. The third kappa shape index (κ3) is 3.95. The van der Waals surface area contributed by atoms with E-state index < -0.39 is 15.1 Å². The van der Waals surface area contributed by atoms with Crippen molar-refractivity contribution in [3.05, 3.63) is 34.9 Å². The topological polar surface area (TPSA) is 55.4 Å². The highest BCUT2D eigenvalue weighted by molar-refractivity contribution is 7.91. The maximum Gasteiger partial charge on any atom is 0.161 e. The van der Waals surface area contributed by atoms with Gasteiger partial charge in [-0.15, -0.1) is 0 Å². The molecule has 0 bridgehead atoms. The van der Waals surface area contributed by atoms with Crippen LogP contribution in [0, 0.1) is 0 Å². The van der Waals surface area contributed by atoms with Crippen molar-refractivity contribution in [2.24, 2.45) is 0 Å². The molecule has 1 saturated heterocycles. The molecule has 0 aliphatic carbocycles. The van der Waals surface area contributed by atoms with E-state index in [4.69, 9.17) is 16.3 Å². The Morgan fingerprint density at radius 1 is 1.35 bits per heavy atom. The van der Waals surface area contributed by atoms with Crippen molar-refractivity contribution in [1.29, 1.82) is 0 Å². The maximum atomic E-state index is 12.6. The molecule has 20 heavy (non-hydrogen) atoms. The first kappa shape index (κ1) is 15.8. The van der Waals surface area contributed by atoms with Crippen LogP contribution in [0.4, 0.5) is 0 Å². The van der Waals surface area contributed by atoms with Gasteiger partial charge in [-0.1, -0.05) is 30.7 Å². The Balaban J connectivity index is 2.13. The molecule has 0 aromatic heterocycles. The molecule has 2 atom stereocenters. The van der Waals surface area contributed by atoms with E-state index in [1.165, 1.54) is 0 Å². The van der Waals surface area contributed by atoms with Crippen LogP contribution in [0.15, 0.2) is 24.3 Å². The van der Waals surface area contributed by atoms with Gasteiger partial charge in [0.15, 0.2) is 9.84 Å². The predicted molar refractivity (Wildman–Crippen MR) is 80.8 cm³/mol. The molecule has 1 heterocycles. The Hall–Kier alpha value is -0.620. The first-order valence-corrected chi connectivity index (χ1v) is 8.89. The lowest BCUT2D eigenvalue weighted by atomic mass is 10.1. The highest BCUT2D eigenvalue weighted by Gasteiger charge is 2.35. The Morgan fingerprint density at radius 2 is 2.05 bits per heavy atom. The van der Waals surface area contributed by atoms with Gasteiger partial charge in [0.25, 0.3) is 0 Å². The largest absolute Gasteiger partial charge is 0.380 e. The lowest BCUT2D eigenvalue weighted by Gasteiger charge is -2.31. The SMILES string of the molecule is CCNC1CCOCC1S(=O)(=O)Cc1ccc(Cl)cc1. The van der Waals surface area contributed by atoms with Crippen LogP contribution < -0.4 is 5.32 Å². The average molecular weight is 318 g/mol. The Morgan fingerprint density at radius 3 is 2.70 bits per heavy atom. The Bertz CT molecular complexity index is 528. The molecule has 6 heteroatoms. The second-order valence-electron chi connectivity index (χ2n) is 5.00.